The van der Waals surface area contributed by atoms with Crippen LogP contribution in [0.25, 0.3) is 5.69 Å². The predicted octanol–water partition coefficient (Wildman–Crippen LogP) is 2.95. The second-order valence-electron chi connectivity index (χ2n) is 4.52. The number of aromatic nitrogens is 2. The van der Waals surface area contributed by atoms with Crippen LogP contribution < -0.4 is 5.73 Å². The van der Waals surface area contributed by atoms with E-state index in [9.17, 15) is 0 Å². The number of halogens is 1. The molecule has 0 aliphatic carbocycles. The Kier molecular flexibility index (Phi) is 3.73. The molecule has 0 aliphatic rings. The molecule has 1 aromatic heterocycles. The third-order valence-corrected chi connectivity index (χ3v) is 3.71. The van der Waals surface area contributed by atoms with Crippen LogP contribution in [0.3, 0.4) is 0 Å². The molecular weight excluding hydrogens is 246 g/mol. The van der Waals surface area contributed by atoms with E-state index in [1.165, 1.54) is 11.1 Å². The van der Waals surface area contributed by atoms with Crippen LogP contribution in [0.4, 0.5) is 0 Å². The molecule has 0 amide bonds. The highest BCUT2D eigenvalue weighted by atomic mass is 35.5. The summed E-state index contributed by atoms with van der Waals surface area (Å²) < 4.78 is 1.81. The molecule has 0 saturated heterocycles. The number of nitrogens with zero attached hydrogens (tertiary/aromatic N) is 2. The van der Waals surface area contributed by atoms with E-state index in [0.717, 1.165) is 23.4 Å². The lowest BCUT2D eigenvalue weighted by molar-refractivity contribution is 0.854. The molecule has 0 spiro atoms. The normalized spacial score (nSPS) is 10.9. The molecule has 0 aliphatic heterocycles. The minimum Gasteiger partial charge on any atom is -0.330 e. The SMILES string of the molecule is Cc1cccc(-n2nc(C)c(CCN)c2Cl)c1C. The highest BCUT2D eigenvalue weighted by molar-refractivity contribution is 6.30. The Hall–Kier alpha value is -1.32. The molecular formula is C14H18ClN3. The van der Waals surface area contributed by atoms with Crippen LogP contribution in [0.5, 0.6) is 0 Å². The van der Waals surface area contributed by atoms with Gasteiger partial charge in [-0.1, -0.05) is 23.7 Å². The van der Waals surface area contributed by atoms with Gasteiger partial charge in [0.25, 0.3) is 0 Å². The number of hydrogen-bond acceptors (Lipinski definition) is 2. The van der Waals surface area contributed by atoms with Gasteiger partial charge in [-0.2, -0.15) is 5.10 Å². The first-order valence-electron chi connectivity index (χ1n) is 6.07. The Balaban J connectivity index is 2.58. The molecule has 0 radical (unpaired) electrons. The second kappa shape index (κ2) is 5.12. The van der Waals surface area contributed by atoms with E-state index in [0.29, 0.717) is 11.7 Å². The summed E-state index contributed by atoms with van der Waals surface area (Å²) in [6.07, 6.45) is 0.759. The summed E-state index contributed by atoms with van der Waals surface area (Å²) in [7, 11) is 0. The van der Waals surface area contributed by atoms with Crippen molar-refractivity contribution < 1.29 is 0 Å². The largest absolute Gasteiger partial charge is 0.330 e. The van der Waals surface area contributed by atoms with Gasteiger partial charge in [-0.25, -0.2) is 4.68 Å². The number of benzene rings is 1. The standard InChI is InChI=1S/C14H18ClN3/c1-9-5-4-6-13(10(9)2)18-14(15)12(7-8-16)11(3)17-18/h4-6H,7-8,16H2,1-3H3. The fourth-order valence-electron chi connectivity index (χ4n) is 2.08. The molecule has 3 nitrogen and oxygen atoms in total. The van der Waals surface area contributed by atoms with Gasteiger partial charge in [-0.3, -0.25) is 0 Å². The van der Waals surface area contributed by atoms with Crippen LogP contribution in [0.1, 0.15) is 22.4 Å². The van der Waals surface area contributed by atoms with Crippen LogP contribution in [0.15, 0.2) is 18.2 Å². The van der Waals surface area contributed by atoms with E-state index < -0.39 is 0 Å². The van der Waals surface area contributed by atoms with Gasteiger partial charge in [-0.15, -0.1) is 0 Å². The third kappa shape index (κ3) is 2.16. The maximum atomic E-state index is 6.41. The molecule has 96 valence electrons. The quantitative estimate of drug-likeness (QED) is 0.925. The summed E-state index contributed by atoms with van der Waals surface area (Å²) in [5, 5.41) is 5.20. The van der Waals surface area contributed by atoms with E-state index in [1.54, 1.807) is 0 Å². The average molecular weight is 264 g/mol. The Labute approximate surface area is 113 Å². The van der Waals surface area contributed by atoms with Crippen LogP contribution in [-0.2, 0) is 6.42 Å². The van der Waals surface area contributed by atoms with Crippen LogP contribution in [0.2, 0.25) is 5.15 Å². The van der Waals surface area contributed by atoms with Crippen molar-refractivity contribution in [3.63, 3.8) is 0 Å². The zero-order valence-corrected chi connectivity index (χ0v) is 11.8. The highest BCUT2D eigenvalue weighted by Gasteiger charge is 2.15. The van der Waals surface area contributed by atoms with E-state index in [1.807, 2.05) is 23.7 Å². The molecule has 0 atom stereocenters. The molecule has 2 N–H and O–H groups in total. The Morgan fingerprint density at radius 2 is 2.00 bits per heavy atom. The van der Waals surface area contributed by atoms with Gasteiger partial charge in [0.1, 0.15) is 5.15 Å². The smallest absolute Gasteiger partial charge is 0.136 e. The lowest BCUT2D eigenvalue weighted by Gasteiger charge is -2.09. The van der Waals surface area contributed by atoms with E-state index in [-0.39, 0.29) is 0 Å². The maximum Gasteiger partial charge on any atom is 0.136 e. The summed E-state index contributed by atoms with van der Waals surface area (Å²) in [6.45, 7) is 6.72. The molecule has 2 rings (SSSR count). The fraction of sp³-hybridized carbons (Fsp3) is 0.357. The number of aryl methyl sites for hydroxylation is 2. The van der Waals surface area contributed by atoms with Gasteiger partial charge in [0.05, 0.1) is 11.4 Å². The summed E-state index contributed by atoms with van der Waals surface area (Å²) >= 11 is 6.41. The second-order valence-corrected chi connectivity index (χ2v) is 4.88. The molecule has 0 saturated carbocycles. The van der Waals surface area contributed by atoms with Crippen molar-refractivity contribution >= 4 is 11.6 Å². The van der Waals surface area contributed by atoms with Crippen molar-refractivity contribution in [2.75, 3.05) is 6.54 Å². The molecule has 18 heavy (non-hydrogen) atoms. The number of rotatable bonds is 3. The van der Waals surface area contributed by atoms with Crippen molar-refractivity contribution in [1.29, 1.82) is 0 Å². The number of hydrogen-bond donors (Lipinski definition) is 1. The van der Waals surface area contributed by atoms with Crippen LogP contribution in [-0.4, -0.2) is 16.3 Å². The van der Waals surface area contributed by atoms with Gasteiger partial charge in [-0.05, 0) is 50.9 Å². The van der Waals surface area contributed by atoms with Crippen molar-refractivity contribution in [1.82, 2.24) is 9.78 Å². The van der Waals surface area contributed by atoms with Crippen LogP contribution >= 0.6 is 11.6 Å². The van der Waals surface area contributed by atoms with Gasteiger partial charge in [0.15, 0.2) is 0 Å². The Bertz CT molecular complexity index is 573. The van der Waals surface area contributed by atoms with Gasteiger partial charge in [0, 0.05) is 5.56 Å². The predicted molar refractivity (Wildman–Crippen MR) is 75.5 cm³/mol. The molecule has 0 bridgehead atoms. The molecule has 0 unspecified atom stereocenters. The minimum atomic E-state index is 0.582. The highest BCUT2D eigenvalue weighted by Crippen LogP contribution is 2.26. The average Bonchev–Trinajstić information content (AvgIpc) is 2.61. The van der Waals surface area contributed by atoms with E-state index in [2.05, 4.69) is 25.0 Å². The van der Waals surface area contributed by atoms with Gasteiger partial charge in [0.2, 0.25) is 0 Å². The summed E-state index contributed by atoms with van der Waals surface area (Å²) in [4.78, 5) is 0. The zero-order valence-electron chi connectivity index (χ0n) is 11.0. The summed E-state index contributed by atoms with van der Waals surface area (Å²) in [5.74, 6) is 0. The van der Waals surface area contributed by atoms with Crippen molar-refractivity contribution in [2.45, 2.75) is 27.2 Å². The lowest BCUT2D eigenvalue weighted by Crippen LogP contribution is -2.04. The summed E-state index contributed by atoms with van der Waals surface area (Å²) in [6, 6.07) is 6.14. The van der Waals surface area contributed by atoms with Crippen LogP contribution in [0, 0.1) is 20.8 Å². The molecule has 1 heterocycles. The zero-order chi connectivity index (χ0) is 13.3. The van der Waals surface area contributed by atoms with E-state index in [4.69, 9.17) is 17.3 Å². The van der Waals surface area contributed by atoms with Crippen molar-refractivity contribution in [3.8, 4) is 5.69 Å². The minimum absolute atomic E-state index is 0.582. The van der Waals surface area contributed by atoms with Gasteiger partial charge >= 0.3 is 0 Å². The van der Waals surface area contributed by atoms with E-state index >= 15 is 0 Å². The Morgan fingerprint density at radius 1 is 1.28 bits per heavy atom. The first kappa shape index (κ1) is 13.1. The number of nitrogens with two attached hydrogens (primary N) is 1. The molecule has 1 aromatic carbocycles. The fourth-order valence-corrected chi connectivity index (χ4v) is 2.44. The van der Waals surface area contributed by atoms with Gasteiger partial charge < -0.3 is 5.73 Å². The topological polar surface area (TPSA) is 43.8 Å². The molecule has 0 fully saturated rings. The third-order valence-electron chi connectivity index (χ3n) is 3.32. The monoisotopic (exact) mass is 263 g/mol. The van der Waals surface area contributed by atoms with Crippen molar-refractivity contribution in [3.05, 3.63) is 45.7 Å². The molecule has 2 aromatic rings. The maximum absolute atomic E-state index is 6.41. The first-order chi connectivity index (χ1) is 8.56. The Morgan fingerprint density at radius 3 is 2.67 bits per heavy atom. The summed E-state index contributed by atoms with van der Waals surface area (Å²) in [5.41, 5.74) is 11.1. The first-order valence-corrected chi connectivity index (χ1v) is 6.44. The van der Waals surface area contributed by atoms with Crippen molar-refractivity contribution in [2.24, 2.45) is 5.73 Å². The molecule has 4 heteroatoms. The lowest BCUT2D eigenvalue weighted by atomic mass is 10.1.